The van der Waals surface area contributed by atoms with Crippen molar-refractivity contribution in [3.05, 3.63) is 22.3 Å². The van der Waals surface area contributed by atoms with Gasteiger partial charge in [0.1, 0.15) is 0 Å². The van der Waals surface area contributed by atoms with Gasteiger partial charge in [-0.25, -0.2) is 0 Å². The van der Waals surface area contributed by atoms with Crippen LogP contribution in [0.3, 0.4) is 0 Å². The summed E-state index contributed by atoms with van der Waals surface area (Å²) in [7, 11) is 0. The second-order valence-corrected chi connectivity index (χ2v) is 26.0. The van der Waals surface area contributed by atoms with E-state index in [4.69, 9.17) is 0 Å². The second kappa shape index (κ2) is 5.03. The molecule has 0 heterocycles. The van der Waals surface area contributed by atoms with E-state index < -0.39 is 27.1 Å². The number of benzene rings is 1. The topological polar surface area (TPSA) is 0 Å². The van der Waals surface area contributed by atoms with Gasteiger partial charge < -0.3 is 0 Å². The molecule has 0 spiro atoms. The molecule has 0 aromatic heterocycles. The van der Waals surface area contributed by atoms with Crippen molar-refractivity contribution in [2.24, 2.45) is 0 Å². The molecule has 2 heteroatoms. The number of rotatable bonds is 2. The molecule has 0 saturated carbocycles. The summed E-state index contributed by atoms with van der Waals surface area (Å²) in [5.74, 6) is 0. The van der Waals surface area contributed by atoms with Crippen molar-refractivity contribution in [1.29, 1.82) is 0 Å². The van der Waals surface area contributed by atoms with Crippen LogP contribution in [-0.2, 0) is 0 Å². The van der Waals surface area contributed by atoms with Crippen LogP contribution in [-0.4, -0.2) is 27.1 Å². The van der Waals surface area contributed by atoms with Gasteiger partial charge >= 0.3 is 120 Å². The quantitative estimate of drug-likeness (QED) is 0.689. The molecule has 0 atom stereocenters. The van der Waals surface area contributed by atoms with Crippen molar-refractivity contribution in [3.63, 3.8) is 0 Å². The Morgan fingerprint density at radius 1 is 0.444 bits per heavy atom. The van der Waals surface area contributed by atoms with E-state index >= 15 is 0 Å². The molecular formula is C16H30As2. The molecule has 18 heavy (non-hydrogen) atoms. The number of hydrogen-bond acceptors (Lipinski definition) is 0. The Morgan fingerprint density at radius 2 is 0.667 bits per heavy atom. The summed E-state index contributed by atoms with van der Waals surface area (Å²) >= 11 is -3.27. The molecule has 0 saturated heterocycles. The Hall–Kier alpha value is 0.337. The van der Waals surface area contributed by atoms with Crippen molar-refractivity contribution in [2.45, 2.75) is 62.0 Å². The van der Waals surface area contributed by atoms with Crippen molar-refractivity contribution < 1.29 is 0 Å². The maximum absolute atomic E-state index is 2.53. The van der Waals surface area contributed by atoms with Gasteiger partial charge in [0.15, 0.2) is 0 Å². The SMILES string of the molecule is Cc1c(C)c(C)c([As](C)(C)C)c([As](C)(C)C)c1C. The van der Waals surface area contributed by atoms with Crippen LogP contribution in [0.25, 0.3) is 0 Å². The van der Waals surface area contributed by atoms with Crippen LogP contribution in [0, 0.1) is 27.7 Å². The molecule has 1 aromatic carbocycles. The summed E-state index contributed by atoms with van der Waals surface area (Å²) in [4.78, 5) is 0. The third kappa shape index (κ3) is 2.91. The third-order valence-electron chi connectivity index (χ3n) is 3.96. The first-order valence-electron chi connectivity index (χ1n) is 6.63. The Kier molecular flexibility index (Phi) is 4.58. The van der Waals surface area contributed by atoms with Crippen LogP contribution in [0.2, 0.25) is 34.3 Å². The molecule has 104 valence electrons. The van der Waals surface area contributed by atoms with Gasteiger partial charge in [0, 0.05) is 0 Å². The molecule has 0 aliphatic carbocycles. The molecule has 1 rings (SSSR count). The summed E-state index contributed by atoms with van der Waals surface area (Å²) in [6.07, 6.45) is 0. The van der Waals surface area contributed by atoms with E-state index in [-0.39, 0.29) is 0 Å². The fourth-order valence-corrected chi connectivity index (χ4v) is 17.8. The summed E-state index contributed by atoms with van der Waals surface area (Å²) in [5.41, 5.74) is 21.5. The molecule has 0 aliphatic heterocycles. The van der Waals surface area contributed by atoms with E-state index in [0.717, 1.165) is 0 Å². The van der Waals surface area contributed by atoms with Crippen molar-refractivity contribution in [2.75, 3.05) is 0 Å². The van der Waals surface area contributed by atoms with E-state index in [1.807, 2.05) is 0 Å². The summed E-state index contributed by atoms with van der Waals surface area (Å²) in [5, 5.41) is 0. The predicted molar refractivity (Wildman–Crippen MR) is 91.4 cm³/mol. The van der Waals surface area contributed by atoms with E-state index in [1.54, 1.807) is 19.8 Å². The summed E-state index contributed by atoms with van der Waals surface area (Å²) in [6.45, 7) is 9.34. The molecule has 0 nitrogen and oxygen atoms in total. The average molecular weight is 372 g/mol. The summed E-state index contributed by atoms with van der Waals surface area (Å²) < 4.78 is 3.60. The molecule has 0 fully saturated rings. The fraction of sp³-hybridized carbons (Fsp3) is 0.625. The van der Waals surface area contributed by atoms with Gasteiger partial charge in [0.25, 0.3) is 0 Å². The minimum absolute atomic E-state index is 1.53. The van der Waals surface area contributed by atoms with Crippen molar-refractivity contribution >= 4 is 35.8 Å². The van der Waals surface area contributed by atoms with Crippen molar-refractivity contribution in [3.8, 4) is 0 Å². The number of hydrogen-bond donors (Lipinski definition) is 0. The molecule has 2 radical (unpaired) electrons. The van der Waals surface area contributed by atoms with Crippen LogP contribution in [0.1, 0.15) is 22.3 Å². The average Bonchev–Trinajstić information content (AvgIpc) is 2.16. The predicted octanol–water partition coefficient (Wildman–Crippen LogP) is 4.01. The zero-order valence-corrected chi connectivity index (χ0v) is 17.6. The molecule has 0 N–H and O–H groups in total. The third-order valence-corrected chi connectivity index (χ3v) is 12.8. The van der Waals surface area contributed by atoms with E-state index in [1.165, 1.54) is 11.1 Å². The zero-order chi connectivity index (χ0) is 14.5. The van der Waals surface area contributed by atoms with Crippen molar-refractivity contribution in [1.82, 2.24) is 0 Å². The maximum atomic E-state index is 2.53. The fourth-order valence-electron chi connectivity index (χ4n) is 2.91. The first-order valence-corrected chi connectivity index (χ1v) is 19.8. The first kappa shape index (κ1) is 16.4. The minimum atomic E-state index is -1.64. The monoisotopic (exact) mass is 372 g/mol. The van der Waals surface area contributed by atoms with Crippen LogP contribution in [0.15, 0.2) is 0 Å². The Bertz CT molecular complexity index is 427. The van der Waals surface area contributed by atoms with Crippen LogP contribution in [0.5, 0.6) is 0 Å². The van der Waals surface area contributed by atoms with Gasteiger partial charge in [-0.2, -0.15) is 0 Å². The summed E-state index contributed by atoms with van der Waals surface area (Å²) in [6, 6.07) is 0. The Balaban J connectivity index is 3.89. The Labute approximate surface area is 119 Å². The van der Waals surface area contributed by atoms with Gasteiger partial charge in [-0.15, -0.1) is 0 Å². The van der Waals surface area contributed by atoms with Crippen LogP contribution < -0.4 is 8.70 Å². The van der Waals surface area contributed by atoms with E-state index in [9.17, 15) is 0 Å². The first-order chi connectivity index (χ1) is 7.89. The molecule has 0 aliphatic rings. The van der Waals surface area contributed by atoms with Gasteiger partial charge in [0.05, 0.1) is 0 Å². The normalized spacial score (nSPS) is 13.0. The molecule has 0 bridgehead atoms. The standard InChI is InChI=1S/C16H30As2/c1-11-12(2)14(4)16(18(8,9)10)15(13(11)3)17(5,6)7/h1-10H3. The zero-order valence-electron chi connectivity index (χ0n) is 13.9. The van der Waals surface area contributed by atoms with Gasteiger partial charge in [-0.3, -0.25) is 0 Å². The van der Waals surface area contributed by atoms with Crippen LogP contribution >= 0.6 is 0 Å². The van der Waals surface area contributed by atoms with E-state index in [0.29, 0.717) is 0 Å². The van der Waals surface area contributed by atoms with Gasteiger partial charge in [-0.05, 0) is 0 Å². The Morgan fingerprint density at radius 3 is 0.833 bits per heavy atom. The van der Waals surface area contributed by atoms with Gasteiger partial charge in [-0.1, -0.05) is 0 Å². The van der Waals surface area contributed by atoms with Gasteiger partial charge in [0.2, 0.25) is 0 Å². The van der Waals surface area contributed by atoms with Crippen LogP contribution in [0.4, 0.5) is 0 Å². The second-order valence-electron chi connectivity index (χ2n) is 7.22. The molecule has 0 amide bonds. The molecule has 1 aromatic rings. The molecular weight excluding hydrogens is 342 g/mol. The molecule has 0 unspecified atom stereocenters. The van der Waals surface area contributed by atoms with E-state index in [2.05, 4.69) is 62.0 Å².